The third-order valence-corrected chi connectivity index (χ3v) is 5.06. The first kappa shape index (κ1) is 20.4. The average Bonchev–Trinajstić information content (AvgIpc) is 3.22. The number of rotatable bonds is 6. The van der Waals surface area contributed by atoms with E-state index in [1.54, 1.807) is 44.0 Å². The van der Waals surface area contributed by atoms with Crippen molar-refractivity contribution in [1.82, 2.24) is 19.1 Å². The van der Waals surface area contributed by atoms with Gasteiger partial charge in [-0.1, -0.05) is 29.8 Å². The predicted octanol–water partition coefficient (Wildman–Crippen LogP) is 4.28. The third kappa shape index (κ3) is 4.49. The fraction of sp³-hybridized carbons (Fsp3) is 0.130. The van der Waals surface area contributed by atoms with E-state index in [9.17, 15) is 4.79 Å². The highest BCUT2D eigenvalue weighted by Crippen LogP contribution is 2.29. The molecule has 31 heavy (non-hydrogen) atoms. The minimum Gasteiger partial charge on any atom is -0.508 e. The lowest BCUT2D eigenvalue weighted by Crippen LogP contribution is -2.17. The van der Waals surface area contributed by atoms with E-state index in [4.69, 9.17) is 22.9 Å². The Morgan fingerprint density at radius 1 is 1.13 bits per heavy atom. The largest absolute Gasteiger partial charge is 0.508 e. The summed E-state index contributed by atoms with van der Waals surface area (Å²) >= 11 is 5.99. The number of benzene rings is 1. The maximum Gasteiger partial charge on any atom is 0.256 e. The number of pyridine rings is 2. The van der Waals surface area contributed by atoms with Crippen LogP contribution < -0.4 is 10.3 Å². The number of ether oxygens (including phenoxy) is 1. The smallest absolute Gasteiger partial charge is 0.256 e. The van der Waals surface area contributed by atoms with Crippen molar-refractivity contribution in [3.05, 3.63) is 111 Å². The minimum atomic E-state index is -0.193. The zero-order valence-electron chi connectivity index (χ0n) is 16.7. The van der Waals surface area contributed by atoms with Gasteiger partial charge in [-0.2, -0.15) is 0 Å². The molecule has 0 spiro atoms. The highest BCUT2D eigenvalue weighted by atomic mass is 35.5. The molecule has 8 heteroatoms. The molecule has 0 bridgehead atoms. The van der Waals surface area contributed by atoms with E-state index in [0.29, 0.717) is 35.2 Å². The first-order valence-corrected chi connectivity index (χ1v) is 9.82. The van der Waals surface area contributed by atoms with Gasteiger partial charge in [0.15, 0.2) is 0 Å². The molecule has 1 aromatic carbocycles. The summed E-state index contributed by atoms with van der Waals surface area (Å²) in [5.74, 6) is 1.07. The summed E-state index contributed by atoms with van der Waals surface area (Å²) in [6.07, 6.45) is 7.53. The van der Waals surface area contributed by atoms with Crippen LogP contribution in [0.3, 0.4) is 0 Å². The topological polar surface area (TPSA) is 66.3 Å². The Morgan fingerprint density at radius 2 is 1.97 bits per heavy atom. The second-order valence-corrected chi connectivity index (χ2v) is 7.32. The van der Waals surface area contributed by atoms with Gasteiger partial charge in [-0.05, 0) is 29.3 Å². The zero-order chi connectivity index (χ0) is 21.8. The molecule has 0 fully saturated rings. The van der Waals surface area contributed by atoms with Crippen LogP contribution in [0.15, 0.2) is 72.2 Å². The van der Waals surface area contributed by atoms with Gasteiger partial charge in [0.2, 0.25) is 5.69 Å². The summed E-state index contributed by atoms with van der Waals surface area (Å²) < 4.78 is 8.76. The third-order valence-electron chi connectivity index (χ3n) is 4.83. The van der Waals surface area contributed by atoms with Gasteiger partial charge in [-0.15, -0.1) is 0 Å². The second-order valence-electron chi connectivity index (χ2n) is 6.89. The number of hydrogen-bond acceptors (Lipinski definition) is 4. The molecule has 0 N–H and O–H groups in total. The number of aromatic nitrogens is 4. The Kier molecular flexibility index (Phi) is 5.83. The van der Waals surface area contributed by atoms with E-state index in [2.05, 4.69) is 14.8 Å². The Morgan fingerprint density at radius 3 is 2.71 bits per heavy atom. The van der Waals surface area contributed by atoms with Crippen LogP contribution in [-0.4, -0.2) is 26.2 Å². The second kappa shape index (κ2) is 8.86. The van der Waals surface area contributed by atoms with Gasteiger partial charge in [-0.25, -0.2) is 14.8 Å². The van der Waals surface area contributed by atoms with E-state index in [0.717, 1.165) is 16.8 Å². The molecule has 4 aromatic rings. The molecule has 0 aliphatic rings. The molecule has 154 valence electrons. The molecule has 0 radical (unpaired) electrons. The predicted molar refractivity (Wildman–Crippen MR) is 118 cm³/mol. The van der Waals surface area contributed by atoms with E-state index in [1.165, 1.54) is 10.6 Å². The Bertz CT molecular complexity index is 1320. The molecule has 7 nitrogen and oxygen atoms in total. The van der Waals surface area contributed by atoms with E-state index < -0.39 is 0 Å². The number of hydrogen-bond donors (Lipinski definition) is 0. The fourth-order valence-electron chi connectivity index (χ4n) is 3.26. The Hall–Kier alpha value is -3.89. The van der Waals surface area contributed by atoms with Crippen LogP contribution in [0.25, 0.3) is 10.7 Å². The number of imidazole rings is 1. The van der Waals surface area contributed by atoms with Gasteiger partial charge in [0.05, 0.1) is 31.6 Å². The quantitative estimate of drug-likeness (QED) is 0.427. The average molecular weight is 432 g/mol. The first-order valence-electron chi connectivity index (χ1n) is 9.44. The lowest BCUT2D eigenvalue weighted by atomic mass is 10.1. The van der Waals surface area contributed by atoms with Crippen molar-refractivity contribution in [2.75, 3.05) is 7.11 Å². The normalized spacial score (nSPS) is 10.6. The molecule has 0 amide bonds. The lowest BCUT2D eigenvalue weighted by Gasteiger charge is -2.11. The van der Waals surface area contributed by atoms with Gasteiger partial charge >= 0.3 is 0 Å². The van der Waals surface area contributed by atoms with Crippen molar-refractivity contribution >= 4 is 17.3 Å². The number of methoxy groups -OCH3 is 1. The lowest BCUT2D eigenvalue weighted by molar-refractivity contribution is 0.417. The monoisotopic (exact) mass is 431 g/mol. The van der Waals surface area contributed by atoms with Crippen molar-refractivity contribution in [1.29, 1.82) is 0 Å². The molecular formula is C23H18ClN5O2. The molecule has 0 unspecified atom stereocenters. The highest BCUT2D eigenvalue weighted by Gasteiger charge is 2.09. The standard InChI is InChI=1S/C23H18ClN5O2/c1-25-20-6-3-16(10-21(20)31-2)9-19-12-26-15-28(19)13-17-4-7-22(27-11-17)29-14-18(24)5-8-23(29)30/h3-8,10-12,14-15H,9,13H2,2H3. The highest BCUT2D eigenvalue weighted by molar-refractivity contribution is 6.30. The summed E-state index contributed by atoms with van der Waals surface area (Å²) in [7, 11) is 1.56. The van der Waals surface area contributed by atoms with Crippen LogP contribution in [0.1, 0.15) is 16.8 Å². The van der Waals surface area contributed by atoms with Gasteiger partial charge in [-0.3, -0.25) is 9.36 Å². The van der Waals surface area contributed by atoms with E-state index >= 15 is 0 Å². The molecule has 0 aliphatic carbocycles. The van der Waals surface area contributed by atoms with Crippen molar-refractivity contribution in [3.8, 4) is 11.6 Å². The Labute approximate surface area is 184 Å². The molecular weight excluding hydrogens is 414 g/mol. The molecule has 0 saturated carbocycles. The van der Waals surface area contributed by atoms with Gasteiger partial charge in [0.25, 0.3) is 5.56 Å². The maximum absolute atomic E-state index is 12.0. The SMILES string of the molecule is [C-]#[N+]c1ccc(Cc2cncn2Cc2ccc(-n3cc(Cl)ccc3=O)nc2)cc1OC. The van der Waals surface area contributed by atoms with Gasteiger partial charge < -0.3 is 9.30 Å². The number of nitrogens with zero attached hydrogens (tertiary/aromatic N) is 5. The fourth-order valence-corrected chi connectivity index (χ4v) is 3.42. The van der Waals surface area contributed by atoms with Gasteiger partial charge in [0.1, 0.15) is 11.6 Å². The van der Waals surface area contributed by atoms with Crippen LogP contribution in [0.4, 0.5) is 5.69 Å². The zero-order valence-corrected chi connectivity index (χ0v) is 17.5. The first-order chi connectivity index (χ1) is 15.1. The van der Waals surface area contributed by atoms with Crippen molar-refractivity contribution < 1.29 is 4.74 Å². The summed E-state index contributed by atoms with van der Waals surface area (Å²) in [6, 6.07) is 12.2. The summed E-state index contributed by atoms with van der Waals surface area (Å²) in [5.41, 5.74) is 3.32. The molecule has 0 atom stereocenters. The molecule has 0 saturated heterocycles. The molecule has 3 heterocycles. The van der Waals surface area contributed by atoms with Crippen molar-refractivity contribution in [2.24, 2.45) is 0 Å². The summed E-state index contributed by atoms with van der Waals surface area (Å²) in [6.45, 7) is 7.79. The van der Waals surface area contributed by atoms with Crippen molar-refractivity contribution in [3.63, 3.8) is 0 Å². The van der Waals surface area contributed by atoms with Crippen molar-refractivity contribution in [2.45, 2.75) is 13.0 Å². The van der Waals surface area contributed by atoms with Gasteiger partial charge in [0, 0.05) is 36.8 Å². The van der Waals surface area contributed by atoms with Crippen LogP contribution in [0.5, 0.6) is 5.75 Å². The molecule has 0 aliphatic heterocycles. The van der Waals surface area contributed by atoms with Crippen LogP contribution in [0, 0.1) is 6.57 Å². The van der Waals surface area contributed by atoms with Crippen LogP contribution in [0.2, 0.25) is 5.02 Å². The van der Waals surface area contributed by atoms with Crippen LogP contribution in [-0.2, 0) is 13.0 Å². The summed E-state index contributed by atoms with van der Waals surface area (Å²) in [5, 5.41) is 0.467. The van der Waals surface area contributed by atoms with E-state index in [1.807, 2.05) is 29.0 Å². The number of halogens is 1. The molecule has 3 aromatic heterocycles. The van der Waals surface area contributed by atoms with E-state index in [-0.39, 0.29) is 5.56 Å². The molecule has 4 rings (SSSR count). The maximum atomic E-state index is 12.0. The summed E-state index contributed by atoms with van der Waals surface area (Å²) in [4.78, 5) is 24.2. The Balaban J connectivity index is 1.53. The van der Waals surface area contributed by atoms with Crippen LogP contribution >= 0.6 is 11.6 Å². The minimum absolute atomic E-state index is 0.193.